The zero-order chi connectivity index (χ0) is 15.9. The smallest absolute Gasteiger partial charge is 0.217 e. The molecule has 0 spiro atoms. The molecule has 1 fully saturated rings. The van der Waals surface area contributed by atoms with Gasteiger partial charge in [0.05, 0.1) is 6.20 Å². The Kier molecular flexibility index (Phi) is 8.35. The maximum atomic E-state index is 11.1. The lowest BCUT2D eigenvalue weighted by Crippen LogP contribution is -2.47. The Labute approximate surface area is 154 Å². The summed E-state index contributed by atoms with van der Waals surface area (Å²) in [5, 5.41) is 7.56. The van der Waals surface area contributed by atoms with Crippen LogP contribution in [0.1, 0.15) is 24.8 Å². The highest BCUT2D eigenvalue weighted by Crippen LogP contribution is 2.19. The SMILES string of the molecule is CN=C(NCCc1cnn(C)c1)N1CCCC(CC(N)=O)C1.I. The van der Waals surface area contributed by atoms with Gasteiger partial charge in [-0.15, -0.1) is 24.0 Å². The van der Waals surface area contributed by atoms with Gasteiger partial charge in [-0.25, -0.2) is 0 Å². The third-order valence-corrected chi connectivity index (χ3v) is 3.98. The number of hydrogen-bond donors (Lipinski definition) is 2. The van der Waals surface area contributed by atoms with Crippen LogP contribution in [0.4, 0.5) is 0 Å². The largest absolute Gasteiger partial charge is 0.370 e. The Morgan fingerprint density at radius 2 is 2.35 bits per heavy atom. The van der Waals surface area contributed by atoms with Gasteiger partial charge in [0.2, 0.25) is 5.91 Å². The summed E-state index contributed by atoms with van der Waals surface area (Å²) >= 11 is 0. The Balaban J connectivity index is 0.00000264. The first-order valence-corrected chi connectivity index (χ1v) is 7.80. The van der Waals surface area contributed by atoms with Crippen LogP contribution < -0.4 is 11.1 Å². The topological polar surface area (TPSA) is 88.5 Å². The van der Waals surface area contributed by atoms with E-state index in [1.54, 1.807) is 7.05 Å². The van der Waals surface area contributed by atoms with Gasteiger partial charge in [0.15, 0.2) is 5.96 Å². The molecule has 2 heterocycles. The lowest BCUT2D eigenvalue weighted by molar-refractivity contribution is -0.119. The second-order valence-electron chi connectivity index (χ2n) is 5.87. The van der Waals surface area contributed by atoms with Crippen molar-refractivity contribution in [1.82, 2.24) is 20.0 Å². The number of aromatic nitrogens is 2. The maximum absolute atomic E-state index is 11.1. The number of rotatable bonds is 5. The van der Waals surface area contributed by atoms with E-state index in [1.807, 2.05) is 24.1 Å². The molecule has 0 bridgehead atoms. The number of carbonyl (C=O) groups excluding carboxylic acids is 1. The number of halogens is 1. The van der Waals surface area contributed by atoms with Crippen molar-refractivity contribution in [3.8, 4) is 0 Å². The lowest BCUT2D eigenvalue weighted by atomic mass is 9.95. The quantitative estimate of drug-likeness (QED) is 0.407. The van der Waals surface area contributed by atoms with Crippen molar-refractivity contribution >= 4 is 35.8 Å². The number of guanidine groups is 1. The Morgan fingerprint density at radius 3 is 2.96 bits per heavy atom. The van der Waals surface area contributed by atoms with Crippen molar-refractivity contribution in [2.75, 3.05) is 26.7 Å². The van der Waals surface area contributed by atoms with Crippen LogP contribution in [-0.4, -0.2) is 53.2 Å². The third kappa shape index (κ3) is 6.36. The molecule has 1 atom stereocenters. The number of amides is 1. The molecule has 0 aliphatic carbocycles. The number of carbonyl (C=O) groups is 1. The molecule has 1 aromatic rings. The van der Waals surface area contributed by atoms with Crippen molar-refractivity contribution < 1.29 is 4.79 Å². The summed E-state index contributed by atoms with van der Waals surface area (Å²) in [5.74, 6) is 1.02. The van der Waals surface area contributed by atoms with Crippen molar-refractivity contribution in [2.45, 2.75) is 25.7 Å². The first-order valence-electron chi connectivity index (χ1n) is 7.80. The van der Waals surface area contributed by atoms with Crippen LogP contribution in [0.25, 0.3) is 0 Å². The number of nitrogens with one attached hydrogen (secondary N) is 1. The molecule has 1 saturated heterocycles. The predicted molar refractivity (Wildman–Crippen MR) is 102 cm³/mol. The highest BCUT2D eigenvalue weighted by molar-refractivity contribution is 14.0. The van der Waals surface area contributed by atoms with Crippen molar-refractivity contribution in [1.29, 1.82) is 0 Å². The molecule has 1 unspecified atom stereocenters. The molecule has 130 valence electrons. The molecule has 8 heteroatoms. The normalized spacial score (nSPS) is 18.4. The number of nitrogens with zero attached hydrogens (tertiary/aromatic N) is 4. The number of hydrogen-bond acceptors (Lipinski definition) is 3. The van der Waals surface area contributed by atoms with E-state index < -0.39 is 0 Å². The van der Waals surface area contributed by atoms with Crippen LogP contribution >= 0.6 is 24.0 Å². The fourth-order valence-corrected chi connectivity index (χ4v) is 2.96. The van der Waals surface area contributed by atoms with E-state index in [0.29, 0.717) is 12.3 Å². The first-order chi connectivity index (χ1) is 10.6. The summed E-state index contributed by atoms with van der Waals surface area (Å²) < 4.78 is 1.81. The van der Waals surface area contributed by atoms with Crippen LogP contribution in [0.5, 0.6) is 0 Å². The van der Waals surface area contributed by atoms with E-state index in [4.69, 9.17) is 5.73 Å². The molecule has 0 saturated carbocycles. The summed E-state index contributed by atoms with van der Waals surface area (Å²) in [7, 11) is 3.71. The van der Waals surface area contributed by atoms with Crippen LogP contribution in [0.15, 0.2) is 17.4 Å². The molecular weight excluding hydrogens is 407 g/mol. The number of likely N-dealkylation sites (tertiary alicyclic amines) is 1. The number of aryl methyl sites for hydroxylation is 1. The Morgan fingerprint density at radius 1 is 1.57 bits per heavy atom. The molecule has 1 aliphatic heterocycles. The van der Waals surface area contributed by atoms with Crippen molar-refractivity contribution in [3.05, 3.63) is 18.0 Å². The number of piperidine rings is 1. The zero-order valence-corrected chi connectivity index (χ0v) is 16.2. The van der Waals surface area contributed by atoms with Crippen LogP contribution in [0.3, 0.4) is 0 Å². The third-order valence-electron chi connectivity index (χ3n) is 3.98. The molecule has 0 radical (unpaired) electrons. The van der Waals surface area contributed by atoms with Gasteiger partial charge in [-0.2, -0.15) is 5.10 Å². The summed E-state index contributed by atoms with van der Waals surface area (Å²) in [4.78, 5) is 17.7. The van der Waals surface area contributed by atoms with Gasteiger partial charge in [0.1, 0.15) is 0 Å². The molecule has 1 aliphatic rings. The molecule has 23 heavy (non-hydrogen) atoms. The van der Waals surface area contributed by atoms with E-state index >= 15 is 0 Å². The number of nitrogens with two attached hydrogens (primary N) is 1. The Bertz CT molecular complexity index is 530. The van der Waals surface area contributed by atoms with Gasteiger partial charge in [-0.1, -0.05) is 0 Å². The van der Waals surface area contributed by atoms with E-state index in [0.717, 1.165) is 44.9 Å². The van der Waals surface area contributed by atoms with Crippen LogP contribution in [0, 0.1) is 5.92 Å². The zero-order valence-electron chi connectivity index (χ0n) is 13.9. The van der Waals surface area contributed by atoms with Gasteiger partial charge < -0.3 is 16.0 Å². The highest BCUT2D eigenvalue weighted by atomic mass is 127. The van der Waals surface area contributed by atoms with Gasteiger partial charge >= 0.3 is 0 Å². The average molecular weight is 434 g/mol. The maximum Gasteiger partial charge on any atom is 0.217 e. The fourth-order valence-electron chi connectivity index (χ4n) is 2.96. The predicted octanol–water partition coefficient (Wildman–Crippen LogP) is 0.743. The minimum Gasteiger partial charge on any atom is -0.370 e. The second kappa shape index (κ2) is 9.74. The molecule has 0 aromatic carbocycles. The molecule has 2 rings (SSSR count). The van der Waals surface area contributed by atoms with Crippen LogP contribution in [0.2, 0.25) is 0 Å². The first kappa shape index (κ1) is 19.7. The van der Waals surface area contributed by atoms with Gasteiger partial charge in [0.25, 0.3) is 0 Å². The summed E-state index contributed by atoms with van der Waals surface area (Å²) in [6.07, 6.45) is 7.41. The standard InChI is InChI=1S/C15H26N6O.HI/c1-17-15(18-6-5-13-9-19-20(2)10-13)21-7-3-4-12(11-21)8-14(16)22;/h9-10,12H,3-8,11H2,1-2H3,(H2,16,22)(H,17,18);1H. The van der Waals surface area contributed by atoms with E-state index in [1.165, 1.54) is 5.56 Å². The second-order valence-corrected chi connectivity index (χ2v) is 5.87. The van der Waals surface area contributed by atoms with Crippen LogP contribution in [-0.2, 0) is 18.3 Å². The van der Waals surface area contributed by atoms with E-state index in [2.05, 4.69) is 20.3 Å². The Hall–Kier alpha value is -1.32. The van der Waals surface area contributed by atoms with Gasteiger partial charge in [0, 0.05) is 46.3 Å². The summed E-state index contributed by atoms with van der Waals surface area (Å²) in [5.41, 5.74) is 6.52. The minimum absolute atomic E-state index is 0. The number of primary amides is 1. The monoisotopic (exact) mass is 434 g/mol. The van der Waals surface area contributed by atoms with E-state index in [9.17, 15) is 4.79 Å². The molecule has 1 aromatic heterocycles. The van der Waals surface area contributed by atoms with Crippen molar-refractivity contribution in [3.63, 3.8) is 0 Å². The molecule has 1 amide bonds. The average Bonchev–Trinajstić information content (AvgIpc) is 2.89. The minimum atomic E-state index is -0.216. The van der Waals surface area contributed by atoms with Gasteiger partial charge in [-0.3, -0.25) is 14.5 Å². The van der Waals surface area contributed by atoms with Gasteiger partial charge in [-0.05, 0) is 30.7 Å². The molecular formula is C15H27IN6O. The summed E-state index contributed by atoms with van der Waals surface area (Å²) in [6, 6.07) is 0. The molecule has 3 N–H and O–H groups in total. The lowest BCUT2D eigenvalue weighted by Gasteiger charge is -2.34. The number of aliphatic imine (C=N–C) groups is 1. The fraction of sp³-hybridized carbons (Fsp3) is 0.667. The van der Waals surface area contributed by atoms with Crippen molar-refractivity contribution in [2.24, 2.45) is 23.7 Å². The van der Waals surface area contributed by atoms with E-state index in [-0.39, 0.29) is 29.9 Å². The highest BCUT2D eigenvalue weighted by Gasteiger charge is 2.23. The summed E-state index contributed by atoms with van der Waals surface area (Å²) in [6.45, 7) is 2.63. The molecule has 7 nitrogen and oxygen atoms in total.